The van der Waals surface area contributed by atoms with Crippen LogP contribution in [0.5, 0.6) is 0 Å². The van der Waals surface area contributed by atoms with Gasteiger partial charge in [0.25, 0.3) is 5.09 Å². The molecule has 0 aliphatic carbocycles. The molecule has 9 heteroatoms. The summed E-state index contributed by atoms with van der Waals surface area (Å²) in [7, 11) is 0. The Labute approximate surface area is 125 Å². The van der Waals surface area contributed by atoms with E-state index in [9.17, 15) is 0 Å². The van der Waals surface area contributed by atoms with Crippen LogP contribution in [0, 0.1) is 20.9 Å². The van der Waals surface area contributed by atoms with Gasteiger partial charge in [0, 0.05) is 0 Å². The summed E-state index contributed by atoms with van der Waals surface area (Å²) < 4.78 is 0. The Hall–Kier alpha value is -3.36. The van der Waals surface area contributed by atoms with Gasteiger partial charge in [0.1, 0.15) is 0 Å². The van der Waals surface area contributed by atoms with Gasteiger partial charge in [-0.05, 0) is 22.4 Å². The highest BCUT2D eigenvalue weighted by molar-refractivity contribution is 5.94. The predicted molar refractivity (Wildman–Crippen MR) is 82.1 cm³/mol. The number of guanidine groups is 2. The molecule has 0 aliphatic rings. The van der Waals surface area contributed by atoms with Gasteiger partial charge < -0.3 is 16.7 Å². The van der Waals surface area contributed by atoms with Crippen molar-refractivity contribution in [2.75, 3.05) is 0 Å². The number of nitrogens with two attached hydrogens (primary N) is 2. The van der Waals surface area contributed by atoms with Gasteiger partial charge in [-0.1, -0.05) is 36.4 Å². The van der Waals surface area contributed by atoms with Crippen molar-refractivity contribution in [1.82, 2.24) is 4.90 Å². The van der Waals surface area contributed by atoms with Crippen LogP contribution in [0.3, 0.4) is 0 Å². The number of nitrogens with one attached hydrogen (secondary N) is 2. The zero-order chi connectivity index (χ0) is 16.7. The molecule has 0 saturated carbocycles. The molecule has 0 radical (unpaired) electrons. The molecule has 0 amide bonds. The monoisotopic (exact) mass is 304 g/mol. The fourth-order valence-corrected chi connectivity index (χ4v) is 1.82. The Balaban J connectivity index is 0.000000541. The van der Waals surface area contributed by atoms with Gasteiger partial charge in [-0.25, -0.2) is 0 Å². The van der Waals surface area contributed by atoms with E-state index < -0.39 is 5.09 Å². The highest BCUT2D eigenvalue weighted by atomic mass is 16.9. The Kier molecular flexibility index (Phi) is 5.64. The molecule has 0 heterocycles. The van der Waals surface area contributed by atoms with Gasteiger partial charge in [-0.2, -0.15) is 0 Å². The molecular formula is C13H16N6O3. The third-order valence-corrected chi connectivity index (χ3v) is 2.74. The molecular weight excluding hydrogens is 288 g/mol. The molecule has 0 aromatic heterocycles. The van der Waals surface area contributed by atoms with Gasteiger partial charge in [0.15, 0.2) is 11.9 Å². The predicted octanol–water partition coefficient (Wildman–Crippen LogP) is 1.08. The molecule has 2 rings (SSSR count). The summed E-state index contributed by atoms with van der Waals surface area (Å²) in [6, 6.07) is 14.0. The van der Waals surface area contributed by atoms with E-state index in [-0.39, 0.29) is 11.9 Å². The molecule has 0 unspecified atom stereocenters. The smallest absolute Gasteiger partial charge is 0.291 e. The minimum atomic E-state index is -1.50. The molecule has 7 N–H and O–H groups in total. The summed E-state index contributed by atoms with van der Waals surface area (Å²) in [6.07, 6.45) is 0. The van der Waals surface area contributed by atoms with Crippen LogP contribution in [0.1, 0.15) is 5.56 Å². The Morgan fingerprint density at radius 3 is 2.14 bits per heavy atom. The number of benzene rings is 2. The van der Waals surface area contributed by atoms with Gasteiger partial charge in [-0.3, -0.25) is 15.7 Å². The van der Waals surface area contributed by atoms with Crippen LogP contribution in [0.15, 0.2) is 42.5 Å². The number of hydrogen-bond donors (Lipinski definition) is 5. The molecule has 0 aliphatic heterocycles. The lowest BCUT2D eigenvalue weighted by Crippen LogP contribution is -2.44. The van der Waals surface area contributed by atoms with E-state index in [1.807, 2.05) is 42.5 Å². The largest absolute Gasteiger partial charge is 0.370 e. The van der Waals surface area contributed by atoms with Gasteiger partial charge in [0.2, 0.25) is 0 Å². The van der Waals surface area contributed by atoms with E-state index >= 15 is 0 Å². The third-order valence-electron chi connectivity index (χ3n) is 2.74. The third kappa shape index (κ3) is 4.96. The molecule has 0 spiro atoms. The van der Waals surface area contributed by atoms with Crippen molar-refractivity contribution in [3.8, 4) is 0 Å². The highest BCUT2D eigenvalue weighted by Gasteiger charge is 2.10. The lowest BCUT2D eigenvalue weighted by atomic mass is 10.1. The van der Waals surface area contributed by atoms with E-state index in [0.717, 1.165) is 16.3 Å². The Bertz CT molecular complexity index is 685. The maximum Gasteiger partial charge on any atom is 0.291 e. The van der Waals surface area contributed by atoms with E-state index in [4.69, 9.17) is 37.6 Å². The first kappa shape index (κ1) is 16.7. The quantitative estimate of drug-likeness (QED) is 0.241. The number of hydrogen-bond acceptors (Lipinski definition) is 4. The molecule has 2 aromatic carbocycles. The molecule has 0 fully saturated rings. The molecule has 0 atom stereocenters. The average molecular weight is 304 g/mol. The zero-order valence-electron chi connectivity index (χ0n) is 11.6. The van der Waals surface area contributed by atoms with Crippen molar-refractivity contribution in [3.63, 3.8) is 0 Å². The molecule has 9 nitrogen and oxygen atoms in total. The normalized spacial score (nSPS) is 9.45. The second-order valence-corrected chi connectivity index (χ2v) is 4.28. The van der Waals surface area contributed by atoms with Crippen LogP contribution in [-0.4, -0.2) is 27.1 Å². The summed E-state index contributed by atoms with van der Waals surface area (Å²) in [5.41, 5.74) is 11.7. The van der Waals surface area contributed by atoms with Gasteiger partial charge in [-0.15, -0.1) is 10.1 Å². The van der Waals surface area contributed by atoms with Crippen molar-refractivity contribution in [1.29, 1.82) is 10.8 Å². The van der Waals surface area contributed by atoms with E-state index in [1.165, 1.54) is 4.90 Å². The second kappa shape index (κ2) is 7.43. The maximum atomic E-state index is 8.36. The van der Waals surface area contributed by atoms with Gasteiger partial charge in [0.05, 0.1) is 6.54 Å². The SMILES string of the molecule is N=C(N)N(Cc1ccc2ccccc2c1)C(=N)N.O=[N+]([O-])O. The van der Waals surface area contributed by atoms with Crippen molar-refractivity contribution in [3.05, 3.63) is 58.1 Å². The maximum absolute atomic E-state index is 8.36. The zero-order valence-corrected chi connectivity index (χ0v) is 11.6. The summed E-state index contributed by atoms with van der Waals surface area (Å²) in [5.74, 6) is -0.452. The van der Waals surface area contributed by atoms with Crippen molar-refractivity contribution in [2.24, 2.45) is 11.5 Å². The fourth-order valence-electron chi connectivity index (χ4n) is 1.82. The van der Waals surface area contributed by atoms with E-state index in [2.05, 4.69) is 0 Å². The molecule has 22 heavy (non-hydrogen) atoms. The van der Waals surface area contributed by atoms with Crippen LogP contribution >= 0.6 is 0 Å². The summed E-state index contributed by atoms with van der Waals surface area (Å²) >= 11 is 0. The van der Waals surface area contributed by atoms with Crippen LogP contribution in [0.25, 0.3) is 10.8 Å². The molecule has 0 bridgehead atoms. The number of fused-ring (bicyclic) bond motifs is 1. The first-order chi connectivity index (χ1) is 10.3. The molecule has 2 aromatic rings. The van der Waals surface area contributed by atoms with E-state index in [1.54, 1.807) is 0 Å². The average Bonchev–Trinajstić information content (AvgIpc) is 2.43. The fraction of sp³-hybridized carbons (Fsp3) is 0.0769. The minimum absolute atomic E-state index is 0.226. The molecule has 116 valence electrons. The highest BCUT2D eigenvalue weighted by Crippen LogP contribution is 2.16. The summed E-state index contributed by atoms with van der Waals surface area (Å²) in [5, 5.41) is 30.7. The van der Waals surface area contributed by atoms with Crippen LogP contribution < -0.4 is 11.5 Å². The van der Waals surface area contributed by atoms with Crippen molar-refractivity contribution in [2.45, 2.75) is 6.54 Å². The second-order valence-electron chi connectivity index (χ2n) is 4.28. The van der Waals surface area contributed by atoms with Crippen LogP contribution in [0.4, 0.5) is 0 Å². The van der Waals surface area contributed by atoms with Crippen LogP contribution in [0.2, 0.25) is 0 Å². The standard InChI is InChI=1S/C13H15N5.HNO3/c14-12(15)18(13(16)17)8-9-5-6-10-3-1-2-4-11(10)7-9;2-1(3)4/h1-7H,8H2,(H3,14,15)(H3,16,17);(H,2,3,4). The van der Waals surface area contributed by atoms with Crippen molar-refractivity contribution < 1.29 is 10.3 Å². The first-order valence-electron chi connectivity index (χ1n) is 6.07. The molecule has 0 saturated heterocycles. The summed E-state index contributed by atoms with van der Waals surface area (Å²) in [4.78, 5) is 9.60. The Morgan fingerprint density at radius 1 is 1.14 bits per heavy atom. The lowest BCUT2D eigenvalue weighted by molar-refractivity contribution is -0.742. The summed E-state index contributed by atoms with van der Waals surface area (Å²) in [6.45, 7) is 0.329. The number of rotatable bonds is 2. The lowest BCUT2D eigenvalue weighted by Gasteiger charge is -2.20. The number of nitrogens with zero attached hydrogens (tertiary/aromatic N) is 2. The van der Waals surface area contributed by atoms with Crippen molar-refractivity contribution >= 4 is 22.7 Å². The topological polar surface area (TPSA) is 166 Å². The minimum Gasteiger partial charge on any atom is -0.370 e. The van der Waals surface area contributed by atoms with Gasteiger partial charge >= 0.3 is 0 Å². The first-order valence-corrected chi connectivity index (χ1v) is 6.07. The van der Waals surface area contributed by atoms with E-state index in [0.29, 0.717) is 6.54 Å². The Morgan fingerprint density at radius 2 is 1.64 bits per heavy atom. The van der Waals surface area contributed by atoms with Crippen LogP contribution in [-0.2, 0) is 6.54 Å².